The highest BCUT2D eigenvalue weighted by Gasteiger charge is 2.20. The molecule has 0 aliphatic carbocycles. The van der Waals surface area contributed by atoms with Crippen molar-refractivity contribution in [2.45, 2.75) is 13.8 Å². The molecule has 2 aromatic heterocycles. The molecule has 0 amide bonds. The number of benzene rings is 2. The summed E-state index contributed by atoms with van der Waals surface area (Å²) < 4.78 is 8.38. The molecule has 0 spiro atoms. The SMILES string of the molecule is Cc1ccc2c(oc3c(C)cc(C#N)cc32)c1-c1cccc[n+]1C. The van der Waals surface area contributed by atoms with Gasteiger partial charge in [-0.3, -0.25) is 0 Å². The van der Waals surface area contributed by atoms with Crippen molar-refractivity contribution in [2.75, 3.05) is 0 Å². The van der Waals surface area contributed by atoms with Crippen LogP contribution in [0.2, 0.25) is 0 Å². The summed E-state index contributed by atoms with van der Waals surface area (Å²) in [5.41, 5.74) is 6.76. The molecule has 2 heterocycles. The first-order valence-corrected chi connectivity index (χ1v) is 7.91. The van der Waals surface area contributed by atoms with E-state index in [1.54, 1.807) is 0 Å². The largest absolute Gasteiger partial charge is 0.455 e. The first-order chi connectivity index (χ1) is 11.6. The van der Waals surface area contributed by atoms with Crippen LogP contribution in [-0.4, -0.2) is 0 Å². The van der Waals surface area contributed by atoms with E-state index in [1.807, 2.05) is 44.4 Å². The standard InChI is InChI=1S/C21H17N2O/c1-13-7-8-16-17-11-15(12-22)10-14(2)20(17)24-21(16)19(13)18-6-4-5-9-23(18)3/h4-11H,1-3H3/q+1. The Kier molecular flexibility index (Phi) is 3.14. The van der Waals surface area contributed by atoms with Crippen molar-refractivity contribution >= 4 is 21.9 Å². The van der Waals surface area contributed by atoms with Crippen molar-refractivity contribution in [3.05, 3.63) is 65.4 Å². The lowest BCUT2D eigenvalue weighted by atomic mass is 9.99. The van der Waals surface area contributed by atoms with Gasteiger partial charge in [-0.15, -0.1) is 0 Å². The molecule has 0 atom stereocenters. The molecule has 3 heteroatoms. The van der Waals surface area contributed by atoms with E-state index < -0.39 is 0 Å². The predicted octanol–water partition coefficient (Wildman–Crippen LogP) is 4.57. The van der Waals surface area contributed by atoms with Crippen molar-refractivity contribution in [3.8, 4) is 17.3 Å². The summed E-state index contributed by atoms with van der Waals surface area (Å²) in [6.07, 6.45) is 2.04. The summed E-state index contributed by atoms with van der Waals surface area (Å²) in [5, 5.41) is 11.3. The van der Waals surface area contributed by atoms with Gasteiger partial charge >= 0.3 is 0 Å². The highest BCUT2D eigenvalue weighted by Crippen LogP contribution is 2.38. The maximum Gasteiger partial charge on any atom is 0.216 e. The molecule has 2 aromatic carbocycles. The number of hydrogen-bond acceptors (Lipinski definition) is 2. The van der Waals surface area contributed by atoms with Crippen molar-refractivity contribution in [1.82, 2.24) is 0 Å². The summed E-state index contributed by atoms with van der Waals surface area (Å²) in [6, 6.07) is 16.4. The molecule has 0 radical (unpaired) electrons. The van der Waals surface area contributed by atoms with Crippen LogP contribution in [0.3, 0.4) is 0 Å². The minimum atomic E-state index is 0.662. The first kappa shape index (κ1) is 14.5. The average Bonchev–Trinajstić information content (AvgIpc) is 2.95. The van der Waals surface area contributed by atoms with Gasteiger partial charge in [-0.25, -0.2) is 4.57 Å². The van der Waals surface area contributed by atoms with Crippen LogP contribution >= 0.6 is 0 Å². The van der Waals surface area contributed by atoms with Gasteiger partial charge in [-0.1, -0.05) is 12.1 Å². The third kappa shape index (κ3) is 2.00. The van der Waals surface area contributed by atoms with Gasteiger partial charge in [0.15, 0.2) is 6.20 Å². The maximum atomic E-state index is 9.26. The number of pyridine rings is 1. The summed E-state index contributed by atoms with van der Waals surface area (Å²) in [7, 11) is 2.04. The van der Waals surface area contributed by atoms with Crippen LogP contribution in [0.5, 0.6) is 0 Å². The molecule has 3 nitrogen and oxygen atoms in total. The Bertz CT molecular complexity index is 1150. The van der Waals surface area contributed by atoms with E-state index in [0.29, 0.717) is 5.56 Å². The Labute approximate surface area is 140 Å². The van der Waals surface area contributed by atoms with Gasteiger partial charge in [-0.05, 0) is 43.2 Å². The quantitative estimate of drug-likeness (QED) is 0.483. The molecule has 4 rings (SSSR count). The second-order valence-electron chi connectivity index (χ2n) is 6.21. The van der Waals surface area contributed by atoms with E-state index in [9.17, 15) is 5.26 Å². The molecule has 116 valence electrons. The van der Waals surface area contributed by atoms with Crippen LogP contribution < -0.4 is 4.57 Å². The number of nitrogens with zero attached hydrogens (tertiary/aromatic N) is 2. The number of aromatic nitrogens is 1. The lowest BCUT2D eigenvalue weighted by Gasteiger charge is -2.04. The van der Waals surface area contributed by atoms with Crippen LogP contribution in [-0.2, 0) is 7.05 Å². The van der Waals surface area contributed by atoms with E-state index in [0.717, 1.165) is 38.8 Å². The topological polar surface area (TPSA) is 40.8 Å². The molecular formula is C21H17N2O+. The van der Waals surface area contributed by atoms with Crippen molar-refractivity contribution in [3.63, 3.8) is 0 Å². The zero-order valence-corrected chi connectivity index (χ0v) is 13.9. The Morgan fingerprint density at radius 1 is 0.958 bits per heavy atom. The number of fused-ring (bicyclic) bond motifs is 3. The molecule has 0 bridgehead atoms. The Morgan fingerprint density at radius 2 is 1.79 bits per heavy atom. The molecule has 24 heavy (non-hydrogen) atoms. The first-order valence-electron chi connectivity index (χ1n) is 7.91. The maximum absolute atomic E-state index is 9.26. The predicted molar refractivity (Wildman–Crippen MR) is 94.5 cm³/mol. The minimum Gasteiger partial charge on any atom is -0.455 e. The number of hydrogen-bond donors (Lipinski definition) is 0. The van der Waals surface area contributed by atoms with Gasteiger partial charge in [0.25, 0.3) is 0 Å². The lowest BCUT2D eigenvalue weighted by molar-refractivity contribution is -0.660. The third-order valence-corrected chi connectivity index (χ3v) is 4.58. The van der Waals surface area contributed by atoms with Gasteiger partial charge in [0.1, 0.15) is 18.2 Å². The van der Waals surface area contributed by atoms with Crippen molar-refractivity contribution in [2.24, 2.45) is 7.05 Å². The van der Waals surface area contributed by atoms with Crippen LogP contribution in [0.1, 0.15) is 16.7 Å². The van der Waals surface area contributed by atoms with E-state index >= 15 is 0 Å². The molecule has 0 aliphatic rings. The summed E-state index contributed by atoms with van der Waals surface area (Å²) >= 11 is 0. The van der Waals surface area contributed by atoms with Gasteiger partial charge in [0, 0.05) is 22.9 Å². The summed E-state index contributed by atoms with van der Waals surface area (Å²) in [4.78, 5) is 0. The highest BCUT2D eigenvalue weighted by atomic mass is 16.3. The Balaban J connectivity index is 2.18. The molecular weight excluding hydrogens is 296 g/mol. The lowest BCUT2D eigenvalue weighted by Crippen LogP contribution is -2.30. The number of nitriles is 1. The third-order valence-electron chi connectivity index (χ3n) is 4.58. The molecule has 0 fully saturated rings. The molecule has 4 aromatic rings. The molecule has 0 saturated carbocycles. The number of furan rings is 1. The Hall–Kier alpha value is -3.12. The normalized spacial score (nSPS) is 11.1. The van der Waals surface area contributed by atoms with Crippen LogP contribution in [0.4, 0.5) is 0 Å². The smallest absolute Gasteiger partial charge is 0.216 e. The second-order valence-corrected chi connectivity index (χ2v) is 6.21. The number of aryl methyl sites for hydroxylation is 3. The van der Waals surface area contributed by atoms with Crippen LogP contribution in [0.25, 0.3) is 33.2 Å². The fourth-order valence-corrected chi connectivity index (χ4v) is 3.38. The van der Waals surface area contributed by atoms with Gasteiger partial charge < -0.3 is 4.42 Å². The van der Waals surface area contributed by atoms with Crippen LogP contribution in [0, 0.1) is 25.2 Å². The second kappa shape index (κ2) is 5.21. The van der Waals surface area contributed by atoms with E-state index in [-0.39, 0.29) is 0 Å². The molecule has 0 saturated heterocycles. The fraction of sp³-hybridized carbons (Fsp3) is 0.143. The summed E-state index contributed by atoms with van der Waals surface area (Å²) in [5.74, 6) is 0. The highest BCUT2D eigenvalue weighted by molar-refractivity contribution is 6.10. The zero-order valence-electron chi connectivity index (χ0n) is 13.9. The van der Waals surface area contributed by atoms with E-state index in [1.165, 1.54) is 5.56 Å². The van der Waals surface area contributed by atoms with Gasteiger partial charge in [0.2, 0.25) is 5.69 Å². The molecule has 0 unspecified atom stereocenters. The minimum absolute atomic E-state index is 0.662. The summed E-state index contributed by atoms with van der Waals surface area (Å²) in [6.45, 7) is 4.09. The van der Waals surface area contributed by atoms with Crippen LogP contribution in [0.15, 0.2) is 53.1 Å². The molecule has 0 N–H and O–H groups in total. The number of rotatable bonds is 1. The van der Waals surface area contributed by atoms with E-state index in [4.69, 9.17) is 4.42 Å². The molecule has 0 aliphatic heterocycles. The zero-order chi connectivity index (χ0) is 16.8. The fourth-order valence-electron chi connectivity index (χ4n) is 3.38. The van der Waals surface area contributed by atoms with Crippen molar-refractivity contribution in [1.29, 1.82) is 5.26 Å². The van der Waals surface area contributed by atoms with E-state index in [2.05, 4.69) is 35.8 Å². The van der Waals surface area contributed by atoms with Gasteiger partial charge in [-0.2, -0.15) is 5.26 Å². The Morgan fingerprint density at radius 3 is 2.54 bits per heavy atom. The van der Waals surface area contributed by atoms with Gasteiger partial charge in [0.05, 0.1) is 17.2 Å². The monoisotopic (exact) mass is 313 g/mol. The average molecular weight is 313 g/mol. The van der Waals surface area contributed by atoms with Crippen molar-refractivity contribution < 1.29 is 8.98 Å².